The van der Waals surface area contributed by atoms with Crippen LogP contribution in [0.25, 0.3) is 88.4 Å². The van der Waals surface area contributed by atoms with Gasteiger partial charge in [-0.05, 0) is 150 Å². The lowest BCUT2D eigenvalue weighted by molar-refractivity contribution is 0.569. The van der Waals surface area contributed by atoms with Crippen LogP contribution in [0.3, 0.4) is 0 Å². The van der Waals surface area contributed by atoms with Gasteiger partial charge >= 0.3 is 11.3 Å². The third-order valence-corrected chi connectivity index (χ3v) is 13.8. The molecule has 11 aromatic rings. The minimum Gasteiger partial charge on any atom is -0.422 e. The molecule has 0 aliphatic heterocycles. The van der Waals surface area contributed by atoms with Crippen molar-refractivity contribution < 1.29 is 8.83 Å². The summed E-state index contributed by atoms with van der Waals surface area (Å²) < 4.78 is 11.5. The smallest absolute Gasteiger partial charge is 0.345 e. The van der Waals surface area contributed by atoms with Crippen molar-refractivity contribution in [3.63, 3.8) is 0 Å². The van der Waals surface area contributed by atoms with Crippen molar-refractivity contribution in [1.82, 2.24) is 15.0 Å². The summed E-state index contributed by atoms with van der Waals surface area (Å²) >= 11 is 0. The molecule has 0 amide bonds. The average Bonchev–Trinajstić information content (AvgIpc) is 3.91. The molecule has 12 rings (SSSR count). The molecule has 0 saturated heterocycles. The fourth-order valence-corrected chi connectivity index (χ4v) is 10.2. The van der Waals surface area contributed by atoms with Crippen LogP contribution in [0.4, 0.5) is 0 Å². The van der Waals surface area contributed by atoms with Gasteiger partial charge in [0.05, 0.1) is 27.5 Å². The fourth-order valence-electron chi connectivity index (χ4n) is 10.2. The van der Waals surface area contributed by atoms with E-state index in [9.17, 15) is 9.59 Å². The Bertz CT molecular complexity index is 3920. The van der Waals surface area contributed by atoms with Crippen molar-refractivity contribution in [3.8, 4) is 33.5 Å². The summed E-state index contributed by atoms with van der Waals surface area (Å²) in [6.45, 7) is 4.05. The lowest BCUT2D eigenvalue weighted by Gasteiger charge is -2.17. The molecule has 71 heavy (non-hydrogen) atoms. The monoisotopic (exact) mass is 921 g/mol. The van der Waals surface area contributed by atoms with E-state index in [1.54, 1.807) is 0 Å². The molecule has 0 spiro atoms. The molecule has 0 fully saturated rings. The van der Waals surface area contributed by atoms with Crippen LogP contribution in [0, 0.1) is 13.8 Å². The molecule has 6 aromatic carbocycles. The molecule has 5 aromatic heterocycles. The van der Waals surface area contributed by atoms with Crippen molar-refractivity contribution in [3.05, 3.63) is 254 Å². The van der Waals surface area contributed by atoms with Gasteiger partial charge in [0.2, 0.25) is 0 Å². The van der Waals surface area contributed by atoms with E-state index in [4.69, 9.17) is 23.8 Å². The number of hydrogen-bond donors (Lipinski definition) is 0. The highest BCUT2D eigenvalue weighted by Gasteiger charge is 2.21. The number of nitrogens with zero attached hydrogens (tertiary/aromatic N) is 3. The summed E-state index contributed by atoms with van der Waals surface area (Å²) in [5, 5.41) is 2.64. The number of benzene rings is 6. The zero-order chi connectivity index (χ0) is 48.0. The van der Waals surface area contributed by atoms with Gasteiger partial charge in [-0.15, -0.1) is 0 Å². The predicted molar refractivity (Wildman–Crippen MR) is 287 cm³/mol. The summed E-state index contributed by atoms with van der Waals surface area (Å²) in [6, 6.07) is 54.3. The number of allylic oxidation sites excluding steroid dienone is 4. The van der Waals surface area contributed by atoms with Crippen LogP contribution in [-0.4, -0.2) is 15.0 Å². The number of pyridine rings is 3. The van der Waals surface area contributed by atoms with Crippen molar-refractivity contribution in [2.24, 2.45) is 0 Å². The Kier molecular flexibility index (Phi) is 11.2. The third kappa shape index (κ3) is 8.57. The van der Waals surface area contributed by atoms with E-state index in [-0.39, 0.29) is 11.3 Å². The number of rotatable bonds is 11. The highest BCUT2D eigenvalue weighted by Crippen LogP contribution is 2.41. The zero-order valence-corrected chi connectivity index (χ0v) is 39.4. The minimum absolute atomic E-state index is 0.384. The predicted octanol–water partition coefficient (Wildman–Crippen LogP) is 14.4. The molecule has 342 valence electrons. The maximum atomic E-state index is 13.3. The van der Waals surface area contributed by atoms with Crippen molar-refractivity contribution in [2.75, 3.05) is 0 Å². The van der Waals surface area contributed by atoms with Crippen LogP contribution in [0.1, 0.15) is 50.9 Å². The first-order valence-electron chi connectivity index (χ1n) is 24.2. The Morgan fingerprint density at radius 2 is 0.958 bits per heavy atom. The molecule has 7 nitrogen and oxygen atoms in total. The van der Waals surface area contributed by atoms with Gasteiger partial charge in [0.1, 0.15) is 11.2 Å². The van der Waals surface area contributed by atoms with Crippen LogP contribution < -0.4 is 11.3 Å². The van der Waals surface area contributed by atoms with Gasteiger partial charge in [0, 0.05) is 40.5 Å². The lowest BCUT2D eigenvalue weighted by Crippen LogP contribution is -2.04. The first-order chi connectivity index (χ1) is 34.8. The Balaban J connectivity index is 0.934. The summed E-state index contributed by atoms with van der Waals surface area (Å²) in [7, 11) is 0. The maximum absolute atomic E-state index is 13.3. The first kappa shape index (κ1) is 43.5. The van der Waals surface area contributed by atoms with E-state index in [2.05, 4.69) is 109 Å². The molecule has 0 radical (unpaired) electrons. The Morgan fingerprint density at radius 1 is 0.437 bits per heavy atom. The molecule has 0 saturated carbocycles. The van der Waals surface area contributed by atoms with Crippen LogP contribution in [0.5, 0.6) is 0 Å². The summed E-state index contributed by atoms with van der Waals surface area (Å²) in [4.78, 5) is 41.3. The van der Waals surface area contributed by atoms with Crippen LogP contribution in [-0.2, 0) is 25.7 Å². The first-order valence-corrected chi connectivity index (χ1v) is 24.2. The van der Waals surface area contributed by atoms with Crippen molar-refractivity contribution in [1.29, 1.82) is 0 Å². The van der Waals surface area contributed by atoms with Gasteiger partial charge in [-0.3, -0.25) is 15.0 Å². The van der Waals surface area contributed by atoms with Crippen LogP contribution in [0.15, 0.2) is 207 Å². The van der Waals surface area contributed by atoms with Gasteiger partial charge in [0.25, 0.3) is 0 Å². The van der Waals surface area contributed by atoms with Gasteiger partial charge in [-0.1, -0.05) is 139 Å². The molecule has 7 heteroatoms. The highest BCUT2D eigenvalue weighted by atomic mass is 16.4. The number of aryl methyl sites for hydroxylation is 6. The molecule has 0 bridgehead atoms. The topological polar surface area (TPSA) is 99.1 Å². The maximum Gasteiger partial charge on any atom is 0.345 e. The summed E-state index contributed by atoms with van der Waals surface area (Å²) in [6.07, 6.45) is 13.9. The normalized spacial score (nSPS) is 12.5. The Hall–Kier alpha value is -8.81. The molecule has 1 aliphatic rings. The summed E-state index contributed by atoms with van der Waals surface area (Å²) in [5.74, 6) is 0. The summed E-state index contributed by atoms with van der Waals surface area (Å²) in [5.41, 5.74) is 19.2. The van der Waals surface area contributed by atoms with Crippen LogP contribution in [0.2, 0.25) is 0 Å². The van der Waals surface area contributed by atoms with E-state index >= 15 is 0 Å². The lowest BCUT2D eigenvalue weighted by atomic mass is 9.88. The van der Waals surface area contributed by atoms with Gasteiger partial charge in [0.15, 0.2) is 0 Å². The van der Waals surface area contributed by atoms with E-state index in [0.717, 1.165) is 96.9 Å². The zero-order valence-electron chi connectivity index (χ0n) is 39.4. The molecule has 0 atom stereocenters. The second-order valence-electron chi connectivity index (χ2n) is 18.7. The quantitative estimate of drug-likeness (QED) is 0.0941. The third-order valence-electron chi connectivity index (χ3n) is 13.8. The molecular weight excluding hydrogens is 875 g/mol. The van der Waals surface area contributed by atoms with Crippen molar-refractivity contribution >= 4 is 54.9 Å². The molecule has 5 heterocycles. The standard InChI is InChI=1S/C64H47N3O4/c1-39-16-26-59-53(28-39)61-55(63(68)70-59)33-43(36-66-61)20-18-41-30-42(19-21-44-34-56-62(67-37-44)54-29-40(2)17-27-60(54)71-64(56)69)32-49(31-41)50-14-9-15-51(50)57-38-65-58(48-12-7-4-8-13-48)35-52(57)47-24-22-46(23-25-47)45-10-5-3-6-11-45/h3-13,15-17,22-38H,14,18-21H2,1-2H3. The molecule has 0 unspecified atom stereocenters. The van der Waals surface area contributed by atoms with Crippen LogP contribution >= 0.6 is 0 Å². The van der Waals surface area contributed by atoms with Gasteiger partial charge in [-0.25, -0.2) is 9.59 Å². The Morgan fingerprint density at radius 3 is 1.54 bits per heavy atom. The molecule has 0 N–H and O–H groups in total. The van der Waals surface area contributed by atoms with Crippen molar-refractivity contribution in [2.45, 2.75) is 46.0 Å². The Labute approximate surface area is 410 Å². The fraction of sp³-hybridized carbons (Fsp3) is 0.109. The number of hydrogen-bond acceptors (Lipinski definition) is 7. The largest absolute Gasteiger partial charge is 0.422 e. The number of fused-ring (bicyclic) bond motifs is 6. The van der Waals surface area contributed by atoms with E-state index < -0.39 is 0 Å². The highest BCUT2D eigenvalue weighted by molar-refractivity contribution is 6.04. The number of aromatic nitrogens is 3. The second-order valence-corrected chi connectivity index (χ2v) is 18.7. The van der Waals surface area contributed by atoms with E-state index in [1.165, 1.54) is 22.3 Å². The average molecular weight is 922 g/mol. The van der Waals surface area contributed by atoms with Gasteiger partial charge in [-0.2, -0.15) is 0 Å². The molecule has 1 aliphatic carbocycles. The van der Waals surface area contributed by atoms with E-state index in [0.29, 0.717) is 45.8 Å². The second kappa shape index (κ2) is 18.3. The van der Waals surface area contributed by atoms with E-state index in [1.807, 2.05) is 93.1 Å². The SMILES string of the molecule is Cc1ccc2oc(=O)c3cc(CCc4cc(CCc5cnc6c(c5)c(=O)oc5ccc(C)cc56)cc(C5=C(c6cnc(-c7ccccc7)cc6-c6ccc(-c7ccccc7)cc6)C=CC5)c4)cnc3c2c1. The van der Waals surface area contributed by atoms with Gasteiger partial charge < -0.3 is 8.83 Å². The molecular formula is C64H47N3O4. The minimum atomic E-state index is -0.384.